The van der Waals surface area contributed by atoms with E-state index in [0.29, 0.717) is 17.7 Å². The van der Waals surface area contributed by atoms with Gasteiger partial charge in [0.2, 0.25) is 0 Å². The molecule has 0 aromatic carbocycles. The predicted octanol–water partition coefficient (Wildman–Crippen LogP) is 1.51. The van der Waals surface area contributed by atoms with Crippen molar-refractivity contribution >= 4 is 28.9 Å². The van der Waals surface area contributed by atoms with Crippen molar-refractivity contribution in [3.05, 3.63) is 21.5 Å². The fraction of sp³-hybridized carbons (Fsp3) is 0.143. The van der Waals surface area contributed by atoms with Gasteiger partial charge in [0.25, 0.3) is 0 Å². The number of carbonyl (C=O) groups excluding carboxylic acids is 1. The number of hydrogen-bond acceptors (Lipinski definition) is 3. The Labute approximate surface area is 77.9 Å². The number of nitrogens with zero attached hydrogens (tertiary/aromatic N) is 1. The number of methoxy groups -OCH3 is 1. The van der Waals surface area contributed by atoms with Crippen LogP contribution in [0.1, 0.15) is 10.5 Å². The molecule has 4 heteroatoms. The van der Waals surface area contributed by atoms with Crippen LogP contribution in [0.5, 0.6) is 5.75 Å². The number of pyridine rings is 1. The summed E-state index contributed by atoms with van der Waals surface area (Å²) in [5.74, 6) is 0.514. The second-order valence-electron chi connectivity index (χ2n) is 1.84. The summed E-state index contributed by atoms with van der Waals surface area (Å²) in [4.78, 5) is 14.3. The van der Waals surface area contributed by atoms with Crippen molar-refractivity contribution in [3.63, 3.8) is 0 Å². The van der Waals surface area contributed by atoms with Gasteiger partial charge in [0, 0.05) is 0 Å². The Hall–Kier alpha value is -0.650. The van der Waals surface area contributed by atoms with Crippen molar-refractivity contribution in [1.82, 2.24) is 4.98 Å². The molecule has 58 valence electrons. The number of ether oxygens (including phenoxy) is 1. The molecule has 0 amide bonds. The maximum atomic E-state index is 10.4. The molecule has 1 heterocycles. The molecule has 1 aromatic heterocycles. The minimum Gasteiger partial charge on any atom is -0.494 e. The molecule has 0 unspecified atom stereocenters. The van der Waals surface area contributed by atoms with Gasteiger partial charge in [0.15, 0.2) is 6.29 Å². The van der Waals surface area contributed by atoms with Gasteiger partial charge in [-0.25, -0.2) is 4.98 Å². The zero-order valence-corrected chi connectivity index (χ0v) is 8.03. The van der Waals surface area contributed by atoms with Gasteiger partial charge in [-0.15, -0.1) is 0 Å². The van der Waals surface area contributed by atoms with Crippen LogP contribution in [-0.4, -0.2) is 18.4 Å². The SMILES string of the molecule is COc1ccc(I)nc1C=O. The number of aldehydes is 1. The average Bonchev–Trinajstić information content (AvgIpc) is 2.04. The molecule has 1 rings (SSSR count). The molecule has 11 heavy (non-hydrogen) atoms. The molecule has 0 saturated carbocycles. The molecule has 0 saturated heterocycles. The Morgan fingerprint density at radius 3 is 2.91 bits per heavy atom. The molecule has 0 N–H and O–H groups in total. The van der Waals surface area contributed by atoms with Gasteiger partial charge in [0.05, 0.1) is 7.11 Å². The third-order valence-corrected chi connectivity index (χ3v) is 1.78. The number of carbonyl (C=O) groups is 1. The molecule has 1 aromatic rings. The smallest absolute Gasteiger partial charge is 0.172 e. The van der Waals surface area contributed by atoms with E-state index >= 15 is 0 Å². The Morgan fingerprint density at radius 2 is 2.36 bits per heavy atom. The van der Waals surface area contributed by atoms with Gasteiger partial charge >= 0.3 is 0 Å². The van der Waals surface area contributed by atoms with E-state index in [1.54, 1.807) is 12.1 Å². The maximum Gasteiger partial charge on any atom is 0.172 e. The van der Waals surface area contributed by atoms with Crippen molar-refractivity contribution in [2.45, 2.75) is 0 Å². The molecule has 0 spiro atoms. The molecule has 0 bridgehead atoms. The van der Waals surface area contributed by atoms with Gasteiger partial charge in [-0.3, -0.25) is 4.79 Å². The van der Waals surface area contributed by atoms with E-state index in [9.17, 15) is 4.79 Å². The summed E-state index contributed by atoms with van der Waals surface area (Å²) >= 11 is 2.04. The zero-order valence-electron chi connectivity index (χ0n) is 5.87. The molecule has 0 fully saturated rings. The fourth-order valence-corrected chi connectivity index (χ4v) is 1.13. The van der Waals surface area contributed by atoms with E-state index in [1.165, 1.54) is 7.11 Å². The van der Waals surface area contributed by atoms with Crippen LogP contribution in [0, 0.1) is 3.70 Å². The highest BCUT2D eigenvalue weighted by atomic mass is 127. The second-order valence-corrected chi connectivity index (χ2v) is 2.94. The van der Waals surface area contributed by atoms with Gasteiger partial charge in [-0.1, -0.05) is 0 Å². The summed E-state index contributed by atoms with van der Waals surface area (Å²) in [6.07, 6.45) is 0.682. The lowest BCUT2D eigenvalue weighted by Crippen LogP contribution is -1.94. The summed E-state index contributed by atoms with van der Waals surface area (Å²) in [6.45, 7) is 0. The Morgan fingerprint density at radius 1 is 1.64 bits per heavy atom. The van der Waals surface area contributed by atoms with Crippen LogP contribution in [0.25, 0.3) is 0 Å². The minimum atomic E-state index is 0.347. The number of rotatable bonds is 2. The highest BCUT2D eigenvalue weighted by molar-refractivity contribution is 14.1. The fourth-order valence-electron chi connectivity index (χ4n) is 0.694. The summed E-state index contributed by atoms with van der Waals surface area (Å²) in [7, 11) is 1.51. The standard InChI is InChI=1S/C7H6INO2/c1-11-6-2-3-7(8)9-5(6)4-10/h2-4H,1H3. The van der Waals surface area contributed by atoms with E-state index in [-0.39, 0.29) is 0 Å². The Bertz CT molecular complexity index is 275. The minimum absolute atomic E-state index is 0.347. The van der Waals surface area contributed by atoms with E-state index in [2.05, 4.69) is 4.98 Å². The normalized spacial score (nSPS) is 9.27. The largest absolute Gasteiger partial charge is 0.494 e. The monoisotopic (exact) mass is 263 g/mol. The van der Waals surface area contributed by atoms with Crippen molar-refractivity contribution in [1.29, 1.82) is 0 Å². The first-order valence-corrected chi connectivity index (χ1v) is 4.01. The van der Waals surface area contributed by atoms with Crippen LogP contribution in [-0.2, 0) is 0 Å². The van der Waals surface area contributed by atoms with E-state index in [1.807, 2.05) is 22.6 Å². The molecule has 0 atom stereocenters. The topological polar surface area (TPSA) is 39.2 Å². The lowest BCUT2D eigenvalue weighted by Gasteiger charge is -2.00. The van der Waals surface area contributed by atoms with E-state index in [4.69, 9.17) is 4.74 Å². The van der Waals surface area contributed by atoms with Gasteiger partial charge in [0.1, 0.15) is 15.1 Å². The van der Waals surface area contributed by atoms with Crippen molar-refractivity contribution in [2.75, 3.05) is 7.11 Å². The average molecular weight is 263 g/mol. The Kier molecular flexibility index (Phi) is 2.81. The second kappa shape index (κ2) is 3.66. The van der Waals surface area contributed by atoms with Crippen molar-refractivity contribution in [3.8, 4) is 5.75 Å². The molecule has 0 radical (unpaired) electrons. The first-order chi connectivity index (χ1) is 5.27. The molecular formula is C7H6INO2. The zero-order chi connectivity index (χ0) is 8.27. The van der Waals surface area contributed by atoms with Crippen LogP contribution >= 0.6 is 22.6 Å². The van der Waals surface area contributed by atoms with E-state index < -0.39 is 0 Å². The highest BCUT2D eigenvalue weighted by Crippen LogP contribution is 2.14. The van der Waals surface area contributed by atoms with Gasteiger partial charge < -0.3 is 4.74 Å². The third-order valence-electron chi connectivity index (χ3n) is 1.18. The summed E-state index contributed by atoms with van der Waals surface area (Å²) < 4.78 is 5.68. The molecule has 0 aliphatic rings. The Balaban J connectivity index is 3.16. The molecule has 3 nitrogen and oxygen atoms in total. The van der Waals surface area contributed by atoms with Crippen LogP contribution in [0.15, 0.2) is 12.1 Å². The highest BCUT2D eigenvalue weighted by Gasteiger charge is 2.02. The summed E-state index contributed by atoms with van der Waals surface area (Å²) in [6, 6.07) is 3.50. The predicted molar refractivity (Wildman–Crippen MR) is 48.9 cm³/mol. The lowest BCUT2D eigenvalue weighted by molar-refractivity contribution is 0.111. The quantitative estimate of drug-likeness (QED) is 0.461. The van der Waals surface area contributed by atoms with Gasteiger partial charge in [-0.2, -0.15) is 0 Å². The van der Waals surface area contributed by atoms with E-state index in [0.717, 1.165) is 3.70 Å². The van der Waals surface area contributed by atoms with Gasteiger partial charge in [-0.05, 0) is 34.7 Å². The van der Waals surface area contributed by atoms with Crippen molar-refractivity contribution < 1.29 is 9.53 Å². The molecule has 0 aliphatic heterocycles. The maximum absolute atomic E-state index is 10.4. The van der Waals surface area contributed by atoms with Crippen molar-refractivity contribution in [2.24, 2.45) is 0 Å². The van der Waals surface area contributed by atoms with Crippen LogP contribution in [0.3, 0.4) is 0 Å². The first kappa shape index (κ1) is 8.45. The van der Waals surface area contributed by atoms with Crippen LogP contribution < -0.4 is 4.74 Å². The number of halogens is 1. The molecule has 0 aliphatic carbocycles. The number of hydrogen-bond donors (Lipinski definition) is 0. The summed E-state index contributed by atoms with van der Waals surface area (Å²) in [5.41, 5.74) is 0.347. The third kappa shape index (κ3) is 1.89. The first-order valence-electron chi connectivity index (χ1n) is 2.93. The van der Waals surface area contributed by atoms with Crippen LogP contribution in [0.2, 0.25) is 0 Å². The lowest BCUT2D eigenvalue weighted by atomic mass is 10.3. The van der Waals surface area contributed by atoms with Crippen LogP contribution in [0.4, 0.5) is 0 Å². The number of aromatic nitrogens is 1. The molecular weight excluding hydrogens is 257 g/mol. The summed E-state index contributed by atoms with van der Waals surface area (Å²) in [5, 5.41) is 0.